The molecule has 0 amide bonds. The van der Waals surface area contributed by atoms with Crippen molar-refractivity contribution < 1.29 is 47.6 Å². The average Bonchev–Trinajstić information content (AvgIpc) is 3.30. The lowest BCUT2D eigenvalue weighted by Crippen LogP contribution is -2.56. The number of carboxylic acids is 2. The van der Waals surface area contributed by atoms with Crippen LogP contribution in [0.15, 0.2) is 27.9 Å². The molecule has 1 fully saturated rings. The maximum absolute atomic E-state index is 13.6. The molecule has 0 unspecified atom stereocenters. The van der Waals surface area contributed by atoms with E-state index in [2.05, 4.69) is 19.7 Å². The molecule has 1 aliphatic rings. The van der Waals surface area contributed by atoms with Gasteiger partial charge in [-0.3, -0.25) is 28.8 Å². The number of aromatic nitrogens is 4. The van der Waals surface area contributed by atoms with E-state index in [-0.39, 0.29) is 34.8 Å². The highest BCUT2D eigenvalue weighted by Crippen LogP contribution is 2.33. The second-order valence-electron chi connectivity index (χ2n) is 11.5. The van der Waals surface area contributed by atoms with Crippen molar-refractivity contribution in [2.24, 2.45) is 7.05 Å². The fourth-order valence-corrected chi connectivity index (χ4v) is 6.95. The first-order valence-corrected chi connectivity index (χ1v) is 16.6. The van der Waals surface area contributed by atoms with E-state index in [9.17, 15) is 27.6 Å². The smallest absolute Gasteiger partial charge is 0.310 e. The number of piperazine rings is 1. The van der Waals surface area contributed by atoms with Crippen molar-refractivity contribution >= 4 is 39.5 Å². The lowest BCUT2D eigenvalue weighted by Gasteiger charge is -2.41. The van der Waals surface area contributed by atoms with Gasteiger partial charge in [0.2, 0.25) is 15.8 Å². The largest absolute Gasteiger partial charge is 0.493 e. The number of aryl methyl sites for hydroxylation is 2. The summed E-state index contributed by atoms with van der Waals surface area (Å²) in [6.45, 7) is 8.92. The Hall–Kier alpha value is -4.39. The molecule has 3 heterocycles. The molecule has 0 radical (unpaired) electrons. The summed E-state index contributed by atoms with van der Waals surface area (Å²) in [5.41, 5.74) is 1.73. The lowest BCUT2D eigenvalue weighted by molar-refractivity contribution is -0.208. The fraction of sp³-hybridized carbons (Fsp3) is 0.533. The van der Waals surface area contributed by atoms with Gasteiger partial charge in [-0.1, -0.05) is 13.3 Å². The second kappa shape index (κ2) is 15.7. The summed E-state index contributed by atoms with van der Waals surface area (Å²) in [4.78, 5) is 52.9. The molecule has 2 atom stereocenters. The zero-order valence-electron chi connectivity index (χ0n) is 27.7. The summed E-state index contributed by atoms with van der Waals surface area (Å²) >= 11 is 0. The number of benzene rings is 1. The third-order valence-corrected chi connectivity index (χ3v) is 9.67. The number of hydrogen-bond donors (Lipinski definition) is 4. The van der Waals surface area contributed by atoms with Gasteiger partial charge in [0.1, 0.15) is 29.9 Å². The molecule has 17 nitrogen and oxygen atoms in total. The highest BCUT2D eigenvalue weighted by atomic mass is 32.2. The van der Waals surface area contributed by atoms with Crippen LogP contribution in [-0.2, 0) is 42.6 Å². The van der Waals surface area contributed by atoms with Gasteiger partial charge in [-0.15, -0.1) is 0 Å². The quantitative estimate of drug-likeness (QED) is 0.145. The van der Waals surface area contributed by atoms with Crippen LogP contribution in [0.2, 0.25) is 0 Å². The molecule has 4 rings (SSSR count). The van der Waals surface area contributed by atoms with Gasteiger partial charge in [-0.25, -0.2) is 13.4 Å². The number of ether oxygens (including phenoxy) is 2. The molecule has 0 aliphatic carbocycles. The SMILES string of the molecule is CCCc1nn(C)c2c(=O)[nH]c(-c3cc(S(=O)(=O)N4C[C@@H](C)N(C)[C@@H](C)C4)ccc3OCC)nc12.O=COC(O)(CC(=O)O)CC(=O)O. The van der Waals surface area contributed by atoms with Gasteiger partial charge < -0.3 is 29.8 Å². The number of nitrogens with one attached hydrogen (secondary N) is 1. The number of fused-ring (bicyclic) bond motifs is 1. The zero-order valence-corrected chi connectivity index (χ0v) is 28.5. The highest BCUT2D eigenvalue weighted by molar-refractivity contribution is 7.89. The molecule has 2 aromatic heterocycles. The third-order valence-electron chi connectivity index (χ3n) is 7.84. The van der Waals surface area contributed by atoms with E-state index in [1.54, 1.807) is 25.2 Å². The Morgan fingerprint density at radius 1 is 1.10 bits per heavy atom. The molecule has 1 aromatic carbocycles. The van der Waals surface area contributed by atoms with Crippen LogP contribution in [0.25, 0.3) is 22.4 Å². The molecule has 264 valence electrons. The number of rotatable bonds is 13. The van der Waals surface area contributed by atoms with Gasteiger partial charge in [0.05, 0.1) is 22.8 Å². The number of sulfonamides is 1. The number of hydrogen-bond acceptors (Lipinski definition) is 12. The van der Waals surface area contributed by atoms with E-state index in [1.165, 1.54) is 8.99 Å². The minimum absolute atomic E-state index is 0.0960. The zero-order chi connectivity index (χ0) is 36.0. The molecule has 3 aromatic rings. The Bertz CT molecular complexity index is 1780. The van der Waals surface area contributed by atoms with E-state index in [0.29, 0.717) is 48.5 Å². The number of aliphatic carboxylic acids is 2. The van der Waals surface area contributed by atoms with Crippen molar-refractivity contribution in [2.75, 3.05) is 26.7 Å². The van der Waals surface area contributed by atoms with E-state index in [1.807, 2.05) is 34.7 Å². The van der Waals surface area contributed by atoms with Crippen molar-refractivity contribution in [2.45, 2.75) is 76.1 Å². The van der Waals surface area contributed by atoms with Crippen LogP contribution in [0.5, 0.6) is 5.75 Å². The van der Waals surface area contributed by atoms with Gasteiger partial charge in [0.25, 0.3) is 12.0 Å². The monoisotopic (exact) mass is 694 g/mol. The molecule has 0 spiro atoms. The standard InChI is InChI=1S/C24H34N6O4S.C6H8O7/c1-7-9-19-21-22(29(6)27-19)24(31)26-23(25-21)18-12-17(10-11-20(18)34-8-2)35(32,33)30-13-15(3)28(5)16(4)14-30;7-3-13-6(12,1-4(8)9)2-5(10)11/h10-12,15-16H,7-9,13-14H2,1-6H3,(H,25,26,31);3,12H,1-2H2,(H,8,9)(H,10,11)/t15-,16+;. The number of H-pyrrole nitrogens is 1. The Labute approximate surface area is 277 Å². The first-order valence-electron chi connectivity index (χ1n) is 15.2. The highest BCUT2D eigenvalue weighted by Gasteiger charge is 2.36. The maximum atomic E-state index is 13.6. The summed E-state index contributed by atoms with van der Waals surface area (Å²) < 4.78 is 40.1. The normalized spacial score (nSPS) is 17.4. The lowest BCUT2D eigenvalue weighted by atomic mass is 10.1. The van der Waals surface area contributed by atoms with Gasteiger partial charge in [0, 0.05) is 32.2 Å². The topological polar surface area (TPSA) is 235 Å². The first-order chi connectivity index (χ1) is 22.5. The molecule has 4 N–H and O–H groups in total. The number of nitrogens with zero attached hydrogens (tertiary/aromatic N) is 5. The number of aliphatic hydroxyl groups is 1. The fourth-order valence-electron chi connectivity index (χ4n) is 5.32. The summed E-state index contributed by atoms with van der Waals surface area (Å²) in [6.07, 6.45) is -0.411. The number of aromatic amines is 1. The van der Waals surface area contributed by atoms with Crippen LogP contribution >= 0.6 is 0 Å². The molecular weight excluding hydrogens is 652 g/mol. The van der Waals surface area contributed by atoms with Crippen LogP contribution in [0.1, 0.15) is 52.7 Å². The average molecular weight is 695 g/mol. The Morgan fingerprint density at radius 3 is 2.23 bits per heavy atom. The van der Waals surface area contributed by atoms with Crippen molar-refractivity contribution in [1.82, 2.24) is 29.0 Å². The van der Waals surface area contributed by atoms with Crippen LogP contribution in [0.3, 0.4) is 0 Å². The van der Waals surface area contributed by atoms with Crippen molar-refractivity contribution in [3.63, 3.8) is 0 Å². The summed E-state index contributed by atoms with van der Waals surface area (Å²) in [5.74, 6) is -4.70. The van der Waals surface area contributed by atoms with Gasteiger partial charge in [-0.2, -0.15) is 9.40 Å². The predicted molar refractivity (Wildman–Crippen MR) is 172 cm³/mol. The molecule has 1 aliphatic heterocycles. The molecule has 18 heteroatoms. The van der Waals surface area contributed by atoms with Crippen LogP contribution in [0.4, 0.5) is 0 Å². The van der Waals surface area contributed by atoms with Crippen LogP contribution in [-0.4, -0.2) is 116 Å². The Balaban J connectivity index is 0.000000408. The number of carboxylic acid groups (broad SMARTS) is 2. The molecule has 48 heavy (non-hydrogen) atoms. The van der Waals surface area contributed by atoms with Gasteiger partial charge >= 0.3 is 11.9 Å². The van der Waals surface area contributed by atoms with Crippen LogP contribution in [0, 0.1) is 0 Å². The molecule has 0 saturated carbocycles. The molecular formula is C30H42N6O11S. The maximum Gasteiger partial charge on any atom is 0.310 e. The van der Waals surface area contributed by atoms with Crippen molar-refractivity contribution in [3.05, 3.63) is 34.2 Å². The molecule has 0 bridgehead atoms. The third kappa shape index (κ3) is 8.74. The molecule has 1 saturated heterocycles. The number of carbonyl (C=O) groups excluding carboxylic acids is 1. The predicted octanol–water partition coefficient (Wildman–Crippen LogP) is 1.19. The second-order valence-corrected chi connectivity index (χ2v) is 13.4. The Morgan fingerprint density at radius 2 is 1.71 bits per heavy atom. The summed E-state index contributed by atoms with van der Waals surface area (Å²) in [6, 6.07) is 4.93. The first kappa shape index (κ1) is 38.1. The van der Waals surface area contributed by atoms with E-state index in [0.717, 1.165) is 12.1 Å². The van der Waals surface area contributed by atoms with Crippen LogP contribution < -0.4 is 10.3 Å². The van der Waals surface area contributed by atoms with E-state index >= 15 is 0 Å². The van der Waals surface area contributed by atoms with Crippen molar-refractivity contribution in [1.29, 1.82) is 0 Å². The minimum atomic E-state index is -3.76. The number of likely N-dealkylation sites (N-methyl/N-ethyl adjacent to an activating group) is 1. The minimum Gasteiger partial charge on any atom is -0.493 e. The van der Waals surface area contributed by atoms with Gasteiger partial charge in [0.15, 0.2) is 5.52 Å². The summed E-state index contributed by atoms with van der Waals surface area (Å²) in [7, 11) is -0.0351. The van der Waals surface area contributed by atoms with E-state index < -0.39 is 40.6 Å². The summed E-state index contributed by atoms with van der Waals surface area (Å²) in [5, 5.41) is 30.1. The number of carbonyl (C=O) groups is 3. The van der Waals surface area contributed by atoms with Gasteiger partial charge in [-0.05, 0) is 52.4 Å². The Kier molecular flexibility index (Phi) is 12.4. The van der Waals surface area contributed by atoms with E-state index in [4.69, 9.17) is 25.0 Å². The van der Waals surface area contributed by atoms with Crippen molar-refractivity contribution in [3.8, 4) is 17.1 Å².